The Hall–Kier alpha value is -1.12. The molecule has 0 saturated carbocycles. The first-order valence-electron chi connectivity index (χ1n) is 6.08. The third-order valence-corrected chi connectivity index (χ3v) is 3.25. The van der Waals surface area contributed by atoms with Crippen LogP contribution in [0.5, 0.6) is 0 Å². The van der Waals surface area contributed by atoms with Gasteiger partial charge in [-0.25, -0.2) is 9.97 Å². The average molecular weight is 221 g/mol. The van der Waals surface area contributed by atoms with Crippen LogP contribution in [-0.4, -0.2) is 16.0 Å². The van der Waals surface area contributed by atoms with Crippen LogP contribution in [-0.2, 0) is 5.41 Å². The SMILES string of the molecule is CCC(C)Nc1cc(C(C)(C)CC)ncn1. The van der Waals surface area contributed by atoms with Crippen molar-refractivity contribution in [2.45, 2.75) is 58.9 Å². The Bertz CT molecular complexity index is 334. The quantitative estimate of drug-likeness (QED) is 0.828. The maximum Gasteiger partial charge on any atom is 0.129 e. The largest absolute Gasteiger partial charge is 0.368 e. The number of nitrogens with one attached hydrogen (secondary N) is 1. The Kier molecular flexibility index (Phi) is 4.27. The number of hydrogen-bond donors (Lipinski definition) is 1. The summed E-state index contributed by atoms with van der Waals surface area (Å²) in [6, 6.07) is 2.52. The maximum absolute atomic E-state index is 4.36. The van der Waals surface area contributed by atoms with E-state index in [0.29, 0.717) is 6.04 Å². The zero-order valence-corrected chi connectivity index (χ0v) is 11.0. The summed E-state index contributed by atoms with van der Waals surface area (Å²) in [5.41, 5.74) is 1.23. The second-order valence-corrected chi connectivity index (χ2v) is 4.98. The van der Waals surface area contributed by atoms with Crippen LogP contribution in [0.2, 0.25) is 0 Å². The summed E-state index contributed by atoms with van der Waals surface area (Å²) >= 11 is 0. The van der Waals surface area contributed by atoms with Gasteiger partial charge < -0.3 is 5.32 Å². The fourth-order valence-electron chi connectivity index (χ4n) is 1.34. The van der Waals surface area contributed by atoms with Crippen LogP contribution in [0.25, 0.3) is 0 Å². The van der Waals surface area contributed by atoms with Crippen LogP contribution in [0.1, 0.15) is 53.2 Å². The van der Waals surface area contributed by atoms with E-state index < -0.39 is 0 Å². The molecule has 1 rings (SSSR count). The van der Waals surface area contributed by atoms with Crippen molar-refractivity contribution in [1.29, 1.82) is 0 Å². The summed E-state index contributed by atoms with van der Waals surface area (Å²) in [6.45, 7) is 10.9. The van der Waals surface area contributed by atoms with E-state index in [1.165, 1.54) is 0 Å². The summed E-state index contributed by atoms with van der Waals surface area (Å²) in [7, 11) is 0. The molecule has 3 nitrogen and oxygen atoms in total. The van der Waals surface area contributed by atoms with Crippen LogP contribution in [0.15, 0.2) is 12.4 Å². The van der Waals surface area contributed by atoms with E-state index in [2.05, 4.69) is 56.0 Å². The molecule has 0 aromatic carbocycles. The Morgan fingerprint density at radius 3 is 2.56 bits per heavy atom. The van der Waals surface area contributed by atoms with Gasteiger partial charge in [-0.1, -0.05) is 27.7 Å². The van der Waals surface area contributed by atoms with Crippen LogP contribution in [0.3, 0.4) is 0 Å². The molecule has 1 unspecified atom stereocenters. The number of aromatic nitrogens is 2. The molecule has 0 radical (unpaired) electrons. The van der Waals surface area contributed by atoms with E-state index in [1.807, 2.05) is 0 Å². The first kappa shape index (κ1) is 12.9. The normalized spacial score (nSPS) is 13.6. The topological polar surface area (TPSA) is 37.8 Å². The fourth-order valence-corrected chi connectivity index (χ4v) is 1.34. The molecule has 16 heavy (non-hydrogen) atoms. The molecule has 3 heteroatoms. The van der Waals surface area contributed by atoms with Gasteiger partial charge in [0, 0.05) is 17.5 Å². The minimum absolute atomic E-state index is 0.120. The van der Waals surface area contributed by atoms with Gasteiger partial charge in [-0.15, -0.1) is 0 Å². The van der Waals surface area contributed by atoms with Crippen molar-refractivity contribution in [2.24, 2.45) is 0 Å². The monoisotopic (exact) mass is 221 g/mol. The van der Waals surface area contributed by atoms with Crippen LogP contribution >= 0.6 is 0 Å². The van der Waals surface area contributed by atoms with Crippen LogP contribution in [0, 0.1) is 0 Å². The second kappa shape index (κ2) is 5.28. The van der Waals surface area contributed by atoms with E-state index in [9.17, 15) is 0 Å². The zero-order valence-electron chi connectivity index (χ0n) is 11.0. The molecule has 1 heterocycles. The smallest absolute Gasteiger partial charge is 0.129 e. The number of rotatable bonds is 5. The molecule has 0 bridgehead atoms. The summed E-state index contributed by atoms with van der Waals surface area (Å²) in [6.07, 6.45) is 3.82. The van der Waals surface area contributed by atoms with Gasteiger partial charge in [-0.05, 0) is 19.8 Å². The number of hydrogen-bond acceptors (Lipinski definition) is 3. The fraction of sp³-hybridized carbons (Fsp3) is 0.692. The molecule has 0 aliphatic carbocycles. The molecule has 1 aromatic rings. The van der Waals surface area contributed by atoms with Crippen molar-refractivity contribution < 1.29 is 0 Å². The van der Waals surface area contributed by atoms with Crippen molar-refractivity contribution in [2.75, 3.05) is 5.32 Å². The summed E-state index contributed by atoms with van der Waals surface area (Å²) in [4.78, 5) is 8.62. The van der Waals surface area contributed by atoms with E-state index >= 15 is 0 Å². The Balaban J connectivity index is 2.87. The third-order valence-electron chi connectivity index (χ3n) is 3.25. The molecule has 0 fully saturated rings. The maximum atomic E-state index is 4.36. The highest BCUT2D eigenvalue weighted by Gasteiger charge is 2.20. The van der Waals surface area contributed by atoms with E-state index in [4.69, 9.17) is 0 Å². The molecule has 0 amide bonds. The predicted molar refractivity (Wildman–Crippen MR) is 68.7 cm³/mol. The summed E-state index contributed by atoms with van der Waals surface area (Å²) in [5.74, 6) is 0.931. The molecule has 1 N–H and O–H groups in total. The Morgan fingerprint density at radius 2 is 2.00 bits per heavy atom. The second-order valence-electron chi connectivity index (χ2n) is 4.98. The van der Waals surface area contributed by atoms with E-state index in [0.717, 1.165) is 24.4 Å². The van der Waals surface area contributed by atoms with Gasteiger partial charge >= 0.3 is 0 Å². The molecule has 0 saturated heterocycles. The van der Waals surface area contributed by atoms with Gasteiger partial charge in [0.25, 0.3) is 0 Å². The van der Waals surface area contributed by atoms with Gasteiger partial charge in [0.2, 0.25) is 0 Å². The molecule has 90 valence electrons. The molecular weight excluding hydrogens is 198 g/mol. The van der Waals surface area contributed by atoms with Gasteiger partial charge in [0.05, 0.1) is 5.69 Å². The Labute approximate surface area is 98.7 Å². The van der Waals surface area contributed by atoms with Crippen molar-refractivity contribution in [1.82, 2.24) is 9.97 Å². The van der Waals surface area contributed by atoms with Crippen molar-refractivity contribution in [3.63, 3.8) is 0 Å². The van der Waals surface area contributed by atoms with Gasteiger partial charge in [0.15, 0.2) is 0 Å². The lowest BCUT2D eigenvalue weighted by molar-refractivity contribution is 0.489. The van der Waals surface area contributed by atoms with Crippen molar-refractivity contribution in [3.8, 4) is 0 Å². The first-order valence-corrected chi connectivity index (χ1v) is 6.08. The van der Waals surface area contributed by atoms with Crippen molar-refractivity contribution >= 4 is 5.82 Å². The van der Waals surface area contributed by atoms with Gasteiger partial charge in [-0.2, -0.15) is 0 Å². The molecule has 0 spiro atoms. The average Bonchev–Trinajstić information content (AvgIpc) is 2.29. The highest BCUT2D eigenvalue weighted by Crippen LogP contribution is 2.25. The lowest BCUT2D eigenvalue weighted by Gasteiger charge is -2.22. The third kappa shape index (κ3) is 3.19. The zero-order chi connectivity index (χ0) is 12.2. The van der Waals surface area contributed by atoms with Crippen molar-refractivity contribution in [3.05, 3.63) is 18.1 Å². The predicted octanol–water partition coefficient (Wildman–Crippen LogP) is 3.37. The van der Waals surface area contributed by atoms with Crippen LogP contribution < -0.4 is 5.32 Å². The van der Waals surface area contributed by atoms with Gasteiger partial charge in [-0.3, -0.25) is 0 Å². The summed E-state index contributed by atoms with van der Waals surface area (Å²) in [5, 5.41) is 3.38. The molecular formula is C13H23N3. The van der Waals surface area contributed by atoms with Gasteiger partial charge in [0.1, 0.15) is 12.1 Å². The number of anilines is 1. The number of nitrogens with zero attached hydrogens (tertiary/aromatic N) is 2. The molecule has 0 aliphatic rings. The van der Waals surface area contributed by atoms with E-state index in [-0.39, 0.29) is 5.41 Å². The highest BCUT2D eigenvalue weighted by atomic mass is 15.0. The summed E-state index contributed by atoms with van der Waals surface area (Å²) < 4.78 is 0. The van der Waals surface area contributed by atoms with E-state index in [1.54, 1.807) is 6.33 Å². The minimum atomic E-state index is 0.120. The van der Waals surface area contributed by atoms with Crippen LogP contribution in [0.4, 0.5) is 5.82 Å². The molecule has 1 aromatic heterocycles. The molecule has 1 atom stereocenters. The minimum Gasteiger partial charge on any atom is -0.368 e. The lowest BCUT2D eigenvalue weighted by atomic mass is 9.86. The molecule has 0 aliphatic heterocycles. The lowest BCUT2D eigenvalue weighted by Crippen LogP contribution is -2.20. The standard InChI is InChI=1S/C13H23N3/c1-6-10(3)16-12-8-11(14-9-15-12)13(4,5)7-2/h8-10H,6-7H2,1-5H3,(H,14,15,16). The first-order chi connectivity index (χ1) is 7.49. The Morgan fingerprint density at radius 1 is 1.31 bits per heavy atom. The highest BCUT2D eigenvalue weighted by molar-refractivity contribution is 5.37.